The topological polar surface area (TPSA) is 31.4 Å². The van der Waals surface area contributed by atoms with Gasteiger partial charge in [-0.05, 0) is 49.7 Å². The second kappa shape index (κ2) is 4.04. The molecule has 0 saturated carbocycles. The van der Waals surface area contributed by atoms with Crippen molar-refractivity contribution in [2.24, 2.45) is 0 Å². The van der Waals surface area contributed by atoms with Crippen LogP contribution >= 0.6 is 15.9 Å². The number of pyridine rings is 1. The third-order valence-electron chi connectivity index (χ3n) is 3.38. The fraction of sp³-hybridized carbons (Fsp3) is 0.545. The average molecular weight is 302 g/mol. The van der Waals surface area contributed by atoms with E-state index < -0.39 is 24.3 Å². The van der Waals surface area contributed by atoms with Crippen molar-refractivity contribution in [3.05, 3.63) is 22.7 Å². The van der Waals surface area contributed by atoms with Gasteiger partial charge < -0.3 is 9.31 Å². The number of rotatable bonds is 1. The second-order valence-corrected chi connectivity index (χ2v) is 5.89. The minimum absolute atomic E-state index is 0.290. The van der Waals surface area contributed by atoms with Crippen LogP contribution in [0, 0.1) is 5.95 Å². The Labute approximate surface area is 109 Å². The number of nitrogens with zero attached hydrogens (tertiary/aromatic N) is 1. The number of aromatic nitrogens is 1. The molecule has 0 bridgehead atoms. The monoisotopic (exact) mass is 301 g/mol. The van der Waals surface area contributed by atoms with Gasteiger partial charge in [-0.15, -0.1) is 0 Å². The fourth-order valence-electron chi connectivity index (χ4n) is 1.58. The highest BCUT2D eigenvalue weighted by atomic mass is 79.9. The molecule has 1 aliphatic rings. The van der Waals surface area contributed by atoms with Crippen LogP contribution in [0.15, 0.2) is 16.7 Å². The predicted molar refractivity (Wildman–Crippen MR) is 67.6 cm³/mol. The quantitative estimate of drug-likeness (QED) is 0.589. The molecule has 3 nitrogen and oxygen atoms in total. The van der Waals surface area contributed by atoms with Gasteiger partial charge in [0.2, 0.25) is 5.95 Å². The number of halogens is 2. The first-order valence-electron chi connectivity index (χ1n) is 5.40. The number of hydrogen-bond acceptors (Lipinski definition) is 3. The number of hydrogen-bond donors (Lipinski definition) is 0. The molecule has 92 valence electrons. The highest BCUT2D eigenvalue weighted by Gasteiger charge is 2.52. The molecule has 0 unspecified atom stereocenters. The zero-order chi connectivity index (χ0) is 12.8. The summed E-state index contributed by atoms with van der Waals surface area (Å²) < 4.78 is 25.3. The summed E-state index contributed by atoms with van der Waals surface area (Å²) in [5.41, 5.74) is -0.246. The summed E-state index contributed by atoms with van der Waals surface area (Å²) in [4.78, 5) is 3.56. The van der Waals surface area contributed by atoms with Crippen LogP contribution in [0.1, 0.15) is 27.7 Å². The molecule has 1 saturated heterocycles. The fourth-order valence-corrected chi connectivity index (χ4v) is 2.01. The Hall–Kier alpha value is -0.455. The van der Waals surface area contributed by atoms with Gasteiger partial charge in [-0.1, -0.05) is 0 Å². The maximum Gasteiger partial charge on any atom is 0.496 e. The average Bonchev–Trinajstić information content (AvgIpc) is 2.40. The Kier molecular flexibility index (Phi) is 3.08. The van der Waals surface area contributed by atoms with Crippen molar-refractivity contribution in [2.45, 2.75) is 38.9 Å². The molecular formula is C11H14BBrFNO2. The lowest BCUT2D eigenvalue weighted by molar-refractivity contribution is 0.00578. The van der Waals surface area contributed by atoms with E-state index in [0.29, 0.717) is 9.94 Å². The van der Waals surface area contributed by atoms with Crippen molar-refractivity contribution in [1.29, 1.82) is 0 Å². The maximum atomic E-state index is 13.3. The molecule has 1 aromatic heterocycles. The molecule has 0 atom stereocenters. The van der Waals surface area contributed by atoms with Gasteiger partial charge in [0.25, 0.3) is 0 Å². The first-order valence-corrected chi connectivity index (χ1v) is 6.19. The van der Waals surface area contributed by atoms with Crippen LogP contribution in [-0.2, 0) is 9.31 Å². The van der Waals surface area contributed by atoms with Gasteiger partial charge >= 0.3 is 7.12 Å². The normalized spacial score (nSPS) is 21.9. The minimum Gasteiger partial charge on any atom is -0.399 e. The van der Waals surface area contributed by atoms with Crippen molar-refractivity contribution >= 4 is 28.5 Å². The first kappa shape index (κ1) is 13.0. The Morgan fingerprint density at radius 2 is 1.76 bits per heavy atom. The van der Waals surface area contributed by atoms with E-state index in [4.69, 9.17) is 9.31 Å². The van der Waals surface area contributed by atoms with Crippen molar-refractivity contribution < 1.29 is 13.7 Å². The predicted octanol–water partition coefficient (Wildman–Crippen LogP) is 2.28. The van der Waals surface area contributed by atoms with Crippen molar-refractivity contribution in [3.8, 4) is 0 Å². The summed E-state index contributed by atoms with van der Waals surface area (Å²) in [5.74, 6) is -0.558. The van der Waals surface area contributed by atoms with Gasteiger partial charge in [-0.25, -0.2) is 4.98 Å². The van der Waals surface area contributed by atoms with Crippen LogP contribution in [-0.4, -0.2) is 23.3 Å². The molecule has 2 heterocycles. The second-order valence-electron chi connectivity index (χ2n) is 5.09. The molecule has 0 radical (unpaired) electrons. The first-order chi connectivity index (χ1) is 7.74. The minimum atomic E-state index is -0.577. The highest BCUT2D eigenvalue weighted by Crippen LogP contribution is 2.37. The van der Waals surface area contributed by atoms with Crippen LogP contribution < -0.4 is 5.46 Å². The van der Waals surface area contributed by atoms with E-state index in [1.165, 1.54) is 6.20 Å². The molecule has 1 fully saturated rings. The molecule has 0 aromatic carbocycles. The Morgan fingerprint density at radius 1 is 1.24 bits per heavy atom. The Balaban J connectivity index is 2.36. The highest BCUT2D eigenvalue weighted by molar-refractivity contribution is 9.10. The standard InChI is InChI=1S/C11H14BBrFNO2/c1-10(2)11(3,4)17-12(16-10)7-5-6-15-9(14)8(7)13/h5-6H,1-4H3. The zero-order valence-electron chi connectivity index (χ0n) is 10.3. The van der Waals surface area contributed by atoms with Crippen LogP contribution in [0.4, 0.5) is 4.39 Å². The third-order valence-corrected chi connectivity index (χ3v) is 4.17. The summed E-state index contributed by atoms with van der Waals surface area (Å²) in [6, 6.07) is 1.69. The molecule has 1 aliphatic heterocycles. The summed E-state index contributed by atoms with van der Waals surface area (Å²) in [5, 5.41) is 0. The van der Waals surface area contributed by atoms with E-state index in [0.717, 1.165) is 0 Å². The van der Waals surface area contributed by atoms with E-state index in [1.54, 1.807) is 6.07 Å². The van der Waals surface area contributed by atoms with Crippen LogP contribution in [0.2, 0.25) is 0 Å². The van der Waals surface area contributed by atoms with E-state index in [-0.39, 0.29) is 0 Å². The molecule has 2 rings (SSSR count). The molecular weight excluding hydrogens is 288 g/mol. The van der Waals surface area contributed by atoms with E-state index in [9.17, 15) is 4.39 Å². The molecule has 1 aromatic rings. The van der Waals surface area contributed by atoms with Crippen LogP contribution in [0.3, 0.4) is 0 Å². The van der Waals surface area contributed by atoms with Crippen molar-refractivity contribution in [2.75, 3.05) is 0 Å². The van der Waals surface area contributed by atoms with E-state index >= 15 is 0 Å². The van der Waals surface area contributed by atoms with Gasteiger partial charge in [0.05, 0.1) is 15.7 Å². The van der Waals surface area contributed by atoms with E-state index in [2.05, 4.69) is 20.9 Å². The SMILES string of the molecule is CC1(C)OB(c2ccnc(F)c2Br)OC1(C)C. The summed E-state index contributed by atoms with van der Waals surface area (Å²) in [6.07, 6.45) is 1.40. The summed E-state index contributed by atoms with van der Waals surface area (Å²) in [6.45, 7) is 7.83. The molecule has 0 N–H and O–H groups in total. The zero-order valence-corrected chi connectivity index (χ0v) is 11.8. The molecule has 0 amide bonds. The van der Waals surface area contributed by atoms with E-state index in [1.807, 2.05) is 27.7 Å². The molecule has 0 aliphatic carbocycles. The molecule has 17 heavy (non-hydrogen) atoms. The van der Waals surface area contributed by atoms with Crippen molar-refractivity contribution in [3.63, 3.8) is 0 Å². The molecule has 0 spiro atoms. The van der Waals surface area contributed by atoms with Gasteiger partial charge in [-0.3, -0.25) is 0 Å². The van der Waals surface area contributed by atoms with Crippen molar-refractivity contribution in [1.82, 2.24) is 4.98 Å². The lowest BCUT2D eigenvalue weighted by Crippen LogP contribution is -2.41. The maximum absolute atomic E-state index is 13.3. The van der Waals surface area contributed by atoms with Crippen LogP contribution in [0.5, 0.6) is 0 Å². The Bertz CT molecular complexity index is 437. The summed E-state index contributed by atoms with van der Waals surface area (Å²) >= 11 is 3.17. The van der Waals surface area contributed by atoms with Gasteiger partial charge in [0.15, 0.2) is 0 Å². The molecule has 6 heteroatoms. The lowest BCUT2D eigenvalue weighted by Gasteiger charge is -2.32. The van der Waals surface area contributed by atoms with Gasteiger partial charge in [0, 0.05) is 11.7 Å². The van der Waals surface area contributed by atoms with Gasteiger partial charge in [-0.2, -0.15) is 4.39 Å². The largest absolute Gasteiger partial charge is 0.496 e. The van der Waals surface area contributed by atoms with Gasteiger partial charge in [0.1, 0.15) is 0 Å². The lowest BCUT2D eigenvalue weighted by atomic mass is 9.80. The summed E-state index contributed by atoms with van der Waals surface area (Å²) in [7, 11) is -0.577. The smallest absolute Gasteiger partial charge is 0.399 e. The third kappa shape index (κ3) is 2.14. The Morgan fingerprint density at radius 3 is 2.29 bits per heavy atom. The van der Waals surface area contributed by atoms with Crippen LogP contribution in [0.25, 0.3) is 0 Å².